The number of benzene rings is 1. The second-order valence-corrected chi connectivity index (χ2v) is 3.70. The number of hydrogen-bond acceptors (Lipinski definition) is 3. The lowest BCUT2D eigenvalue weighted by atomic mass is 10.3. The molecule has 1 aromatic heterocycles. The molecule has 0 saturated carbocycles. The Morgan fingerprint density at radius 1 is 1.06 bits per heavy atom. The zero-order valence-corrected chi connectivity index (χ0v) is 9.89. The number of ether oxygens (including phenoxy) is 1. The molecule has 0 saturated heterocycles. The summed E-state index contributed by atoms with van der Waals surface area (Å²) in [5.74, 6) is 0.878. The normalized spacial score (nSPS) is 9.94. The van der Waals surface area contributed by atoms with Crippen LogP contribution < -0.4 is 10.1 Å². The molecule has 0 fully saturated rings. The molecule has 0 spiro atoms. The van der Waals surface area contributed by atoms with Crippen LogP contribution in [0.4, 0.5) is 5.69 Å². The predicted molar refractivity (Wildman–Crippen MR) is 69.2 cm³/mol. The van der Waals surface area contributed by atoms with Crippen molar-refractivity contribution in [3.05, 3.63) is 54.4 Å². The Balaban J connectivity index is 1.91. The van der Waals surface area contributed by atoms with E-state index in [1.165, 1.54) is 0 Å². The van der Waals surface area contributed by atoms with E-state index in [1.807, 2.05) is 36.4 Å². The van der Waals surface area contributed by atoms with Crippen LogP contribution in [-0.4, -0.2) is 11.5 Å². The Morgan fingerprint density at radius 2 is 1.76 bits per heavy atom. The van der Waals surface area contributed by atoms with E-state index < -0.39 is 0 Å². The summed E-state index contributed by atoms with van der Waals surface area (Å²) in [6, 6.07) is 11.9. The maximum absolute atomic E-state index is 5.67. The SMILES string of the molecule is CCNc1ccc(OCc2ccncc2)cc1. The van der Waals surface area contributed by atoms with Gasteiger partial charge in [0.15, 0.2) is 0 Å². The molecule has 17 heavy (non-hydrogen) atoms. The predicted octanol–water partition coefficient (Wildman–Crippen LogP) is 3.09. The fraction of sp³-hybridized carbons (Fsp3) is 0.214. The topological polar surface area (TPSA) is 34.1 Å². The second-order valence-electron chi connectivity index (χ2n) is 3.70. The van der Waals surface area contributed by atoms with Crippen LogP contribution >= 0.6 is 0 Å². The summed E-state index contributed by atoms with van der Waals surface area (Å²) < 4.78 is 5.67. The van der Waals surface area contributed by atoms with Crippen LogP contribution in [0.15, 0.2) is 48.8 Å². The fourth-order valence-electron chi connectivity index (χ4n) is 1.52. The summed E-state index contributed by atoms with van der Waals surface area (Å²) in [4.78, 5) is 3.97. The lowest BCUT2D eigenvalue weighted by Gasteiger charge is -2.07. The Hall–Kier alpha value is -2.03. The van der Waals surface area contributed by atoms with Gasteiger partial charge in [-0.15, -0.1) is 0 Å². The third kappa shape index (κ3) is 3.48. The van der Waals surface area contributed by atoms with E-state index in [4.69, 9.17) is 4.74 Å². The first-order chi connectivity index (χ1) is 8.38. The molecule has 1 N–H and O–H groups in total. The number of aromatic nitrogens is 1. The highest BCUT2D eigenvalue weighted by Gasteiger charge is 1.96. The van der Waals surface area contributed by atoms with Gasteiger partial charge in [-0.1, -0.05) is 0 Å². The Bertz CT molecular complexity index is 440. The molecule has 0 aliphatic carbocycles. The molecule has 1 heterocycles. The van der Waals surface area contributed by atoms with E-state index in [9.17, 15) is 0 Å². The van der Waals surface area contributed by atoms with Crippen molar-refractivity contribution < 1.29 is 4.74 Å². The zero-order valence-electron chi connectivity index (χ0n) is 9.89. The minimum Gasteiger partial charge on any atom is -0.489 e. The molecule has 0 unspecified atom stereocenters. The van der Waals surface area contributed by atoms with Gasteiger partial charge < -0.3 is 10.1 Å². The van der Waals surface area contributed by atoms with E-state index in [-0.39, 0.29) is 0 Å². The van der Waals surface area contributed by atoms with Gasteiger partial charge in [-0.25, -0.2) is 0 Å². The molecule has 1 aromatic carbocycles. The molecule has 3 heteroatoms. The Morgan fingerprint density at radius 3 is 2.41 bits per heavy atom. The standard InChI is InChI=1S/C14H16N2O/c1-2-16-13-3-5-14(6-4-13)17-11-12-7-9-15-10-8-12/h3-10,16H,2,11H2,1H3. The summed E-state index contributed by atoms with van der Waals surface area (Å²) in [6.45, 7) is 3.58. The highest BCUT2D eigenvalue weighted by atomic mass is 16.5. The van der Waals surface area contributed by atoms with Crippen molar-refractivity contribution in [2.24, 2.45) is 0 Å². The highest BCUT2D eigenvalue weighted by molar-refractivity contribution is 5.46. The van der Waals surface area contributed by atoms with Crippen molar-refractivity contribution >= 4 is 5.69 Å². The van der Waals surface area contributed by atoms with Crippen LogP contribution in [0, 0.1) is 0 Å². The minimum atomic E-state index is 0.572. The molecular weight excluding hydrogens is 212 g/mol. The molecule has 88 valence electrons. The molecule has 0 bridgehead atoms. The number of pyridine rings is 1. The first-order valence-corrected chi connectivity index (χ1v) is 5.74. The van der Waals surface area contributed by atoms with Gasteiger partial charge in [0.2, 0.25) is 0 Å². The number of rotatable bonds is 5. The summed E-state index contributed by atoms with van der Waals surface area (Å²) in [5, 5.41) is 3.24. The van der Waals surface area contributed by atoms with Gasteiger partial charge in [0.25, 0.3) is 0 Å². The molecule has 3 nitrogen and oxygen atoms in total. The molecule has 0 radical (unpaired) electrons. The van der Waals surface area contributed by atoms with Crippen LogP contribution in [0.2, 0.25) is 0 Å². The van der Waals surface area contributed by atoms with E-state index in [2.05, 4.69) is 17.2 Å². The maximum atomic E-state index is 5.67. The first kappa shape index (κ1) is 11.5. The van der Waals surface area contributed by atoms with Gasteiger partial charge in [-0.2, -0.15) is 0 Å². The van der Waals surface area contributed by atoms with Crippen molar-refractivity contribution in [1.82, 2.24) is 4.98 Å². The molecule has 0 amide bonds. The third-order valence-corrected chi connectivity index (χ3v) is 2.39. The molecule has 2 rings (SSSR count). The van der Waals surface area contributed by atoms with Gasteiger partial charge in [0, 0.05) is 24.6 Å². The van der Waals surface area contributed by atoms with Crippen molar-refractivity contribution in [1.29, 1.82) is 0 Å². The third-order valence-electron chi connectivity index (χ3n) is 2.39. The summed E-state index contributed by atoms with van der Waals surface area (Å²) >= 11 is 0. The van der Waals surface area contributed by atoms with Crippen molar-refractivity contribution in [3.63, 3.8) is 0 Å². The van der Waals surface area contributed by atoms with Gasteiger partial charge in [0.1, 0.15) is 12.4 Å². The number of hydrogen-bond donors (Lipinski definition) is 1. The molecule has 0 atom stereocenters. The van der Waals surface area contributed by atoms with E-state index >= 15 is 0 Å². The van der Waals surface area contributed by atoms with Gasteiger partial charge >= 0.3 is 0 Å². The lowest BCUT2D eigenvalue weighted by Crippen LogP contribution is -1.97. The van der Waals surface area contributed by atoms with E-state index in [1.54, 1.807) is 12.4 Å². The lowest BCUT2D eigenvalue weighted by molar-refractivity contribution is 0.306. The average molecular weight is 228 g/mol. The number of nitrogens with one attached hydrogen (secondary N) is 1. The summed E-state index contributed by atoms with van der Waals surface area (Å²) in [5.41, 5.74) is 2.24. The van der Waals surface area contributed by atoms with E-state index in [0.717, 1.165) is 23.5 Å². The summed E-state index contributed by atoms with van der Waals surface area (Å²) in [6.07, 6.45) is 3.54. The van der Waals surface area contributed by atoms with Gasteiger partial charge in [0.05, 0.1) is 0 Å². The summed E-state index contributed by atoms with van der Waals surface area (Å²) in [7, 11) is 0. The molecule has 0 aliphatic heterocycles. The van der Waals surface area contributed by atoms with Crippen molar-refractivity contribution in [2.75, 3.05) is 11.9 Å². The first-order valence-electron chi connectivity index (χ1n) is 5.74. The number of nitrogens with zero attached hydrogens (tertiary/aromatic N) is 1. The second kappa shape index (κ2) is 5.89. The molecule has 0 aliphatic rings. The zero-order chi connectivity index (χ0) is 11.9. The number of anilines is 1. The van der Waals surface area contributed by atoms with Gasteiger partial charge in [-0.05, 0) is 48.9 Å². The monoisotopic (exact) mass is 228 g/mol. The van der Waals surface area contributed by atoms with Crippen molar-refractivity contribution in [2.45, 2.75) is 13.5 Å². The van der Waals surface area contributed by atoms with Crippen LogP contribution in [-0.2, 0) is 6.61 Å². The highest BCUT2D eigenvalue weighted by Crippen LogP contribution is 2.16. The fourth-order valence-corrected chi connectivity index (χ4v) is 1.52. The van der Waals surface area contributed by atoms with Crippen molar-refractivity contribution in [3.8, 4) is 5.75 Å². The van der Waals surface area contributed by atoms with Crippen LogP contribution in [0.1, 0.15) is 12.5 Å². The van der Waals surface area contributed by atoms with E-state index in [0.29, 0.717) is 6.61 Å². The quantitative estimate of drug-likeness (QED) is 0.853. The molecular formula is C14H16N2O. The minimum absolute atomic E-state index is 0.572. The van der Waals surface area contributed by atoms with Gasteiger partial charge in [-0.3, -0.25) is 4.98 Å². The van der Waals surface area contributed by atoms with Crippen LogP contribution in [0.3, 0.4) is 0 Å². The average Bonchev–Trinajstić information content (AvgIpc) is 2.40. The Kier molecular flexibility index (Phi) is 3.97. The molecule has 2 aromatic rings. The Labute approximate surface area is 101 Å². The van der Waals surface area contributed by atoms with Crippen LogP contribution in [0.5, 0.6) is 5.75 Å². The largest absolute Gasteiger partial charge is 0.489 e. The van der Waals surface area contributed by atoms with Crippen LogP contribution in [0.25, 0.3) is 0 Å². The maximum Gasteiger partial charge on any atom is 0.119 e. The smallest absolute Gasteiger partial charge is 0.119 e.